The second-order valence-electron chi connectivity index (χ2n) is 4.06. The third kappa shape index (κ3) is 1.03. The molecule has 0 fully saturated rings. The van der Waals surface area contributed by atoms with Gasteiger partial charge >= 0.3 is 5.69 Å². The molecule has 15 heavy (non-hydrogen) atoms. The van der Waals surface area contributed by atoms with E-state index in [1.165, 1.54) is 0 Å². The van der Waals surface area contributed by atoms with Crippen LogP contribution in [-0.2, 0) is 6.54 Å². The van der Waals surface area contributed by atoms with E-state index in [1.54, 1.807) is 0 Å². The van der Waals surface area contributed by atoms with Crippen molar-refractivity contribution in [3.8, 4) is 0 Å². The van der Waals surface area contributed by atoms with Crippen molar-refractivity contribution >= 4 is 16.9 Å². The van der Waals surface area contributed by atoms with Crippen LogP contribution in [0.15, 0.2) is 17.1 Å². The molecule has 1 aliphatic rings. The second kappa shape index (κ2) is 2.62. The van der Waals surface area contributed by atoms with E-state index in [4.69, 9.17) is 0 Å². The SMILES string of the molecule is CC1Cn2ccc3[nH]c(=O)nc(c32)N1C. The molecule has 2 aromatic heterocycles. The van der Waals surface area contributed by atoms with Gasteiger partial charge in [0.1, 0.15) is 5.52 Å². The summed E-state index contributed by atoms with van der Waals surface area (Å²) in [6.45, 7) is 3.05. The summed E-state index contributed by atoms with van der Waals surface area (Å²) in [4.78, 5) is 20.2. The van der Waals surface area contributed by atoms with Gasteiger partial charge in [0.25, 0.3) is 0 Å². The molecule has 0 spiro atoms. The highest BCUT2D eigenvalue weighted by molar-refractivity contribution is 5.87. The topological polar surface area (TPSA) is 53.9 Å². The molecule has 1 unspecified atom stereocenters. The number of nitrogens with zero attached hydrogens (tertiary/aromatic N) is 3. The molecule has 3 heterocycles. The Hall–Kier alpha value is -1.78. The van der Waals surface area contributed by atoms with Crippen LogP contribution >= 0.6 is 0 Å². The molecule has 2 aromatic rings. The highest BCUT2D eigenvalue weighted by Gasteiger charge is 2.23. The van der Waals surface area contributed by atoms with E-state index in [1.807, 2.05) is 19.3 Å². The van der Waals surface area contributed by atoms with Crippen molar-refractivity contribution in [3.63, 3.8) is 0 Å². The highest BCUT2D eigenvalue weighted by Crippen LogP contribution is 2.28. The maximum absolute atomic E-state index is 11.3. The van der Waals surface area contributed by atoms with Gasteiger partial charge in [-0.3, -0.25) is 0 Å². The van der Waals surface area contributed by atoms with Crippen molar-refractivity contribution in [2.24, 2.45) is 0 Å². The van der Waals surface area contributed by atoms with E-state index in [0.717, 1.165) is 23.4 Å². The third-order valence-corrected chi connectivity index (χ3v) is 3.08. The Bertz CT molecular complexity index is 583. The molecule has 0 aromatic carbocycles. The van der Waals surface area contributed by atoms with E-state index in [9.17, 15) is 4.79 Å². The predicted octanol–water partition coefficient (Wildman–Crippen LogP) is 0.563. The summed E-state index contributed by atoms with van der Waals surface area (Å²) in [5, 5.41) is 0. The molecule has 3 rings (SSSR count). The van der Waals surface area contributed by atoms with E-state index in [-0.39, 0.29) is 5.69 Å². The molecular weight excluding hydrogens is 192 g/mol. The second-order valence-corrected chi connectivity index (χ2v) is 4.06. The summed E-state index contributed by atoms with van der Waals surface area (Å²) in [6, 6.07) is 2.29. The summed E-state index contributed by atoms with van der Waals surface area (Å²) in [5.41, 5.74) is 1.61. The molecule has 5 nitrogen and oxygen atoms in total. The molecule has 0 amide bonds. The largest absolute Gasteiger partial charge is 0.353 e. The Morgan fingerprint density at radius 3 is 3.20 bits per heavy atom. The molecule has 1 N–H and O–H groups in total. The smallest absolute Gasteiger partial charge is 0.347 e. The zero-order valence-corrected chi connectivity index (χ0v) is 8.69. The molecular formula is C10H12N4O. The molecule has 0 radical (unpaired) electrons. The average molecular weight is 204 g/mol. The lowest BCUT2D eigenvalue weighted by Crippen LogP contribution is -2.38. The lowest BCUT2D eigenvalue weighted by atomic mass is 10.2. The zero-order valence-electron chi connectivity index (χ0n) is 8.69. The van der Waals surface area contributed by atoms with Gasteiger partial charge in [-0.1, -0.05) is 0 Å². The molecule has 5 heteroatoms. The minimum absolute atomic E-state index is 0.281. The van der Waals surface area contributed by atoms with Crippen molar-refractivity contribution in [1.82, 2.24) is 14.5 Å². The Morgan fingerprint density at radius 2 is 2.40 bits per heavy atom. The minimum Gasteiger partial charge on any atom is -0.353 e. The number of hydrogen-bond donors (Lipinski definition) is 1. The van der Waals surface area contributed by atoms with E-state index >= 15 is 0 Å². The van der Waals surface area contributed by atoms with Crippen molar-refractivity contribution < 1.29 is 0 Å². The van der Waals surface area contributed by atoms with Gasteiger partial charge in [0.05, 0.1) is 5.52 Å². The van der Waals surface area contributed by atoms with Gasteiger partial charge < -0.3 is 14.5 Å². The van der Waals surface area contributed by atoms with Gasteiger partial charge in [-0.05, 0) is 13.0 Å². The lowest BCUT2D eigenvalue weighted by Gasteiger charge is -2.31. The first-order valence-electron chi connectivity index (χ1n) is 4.99. The summed E-state index contributed by atoms with van der Waals surface area (Å²) in [5.74, 6) is 0.775. The van der Waals surface area contributed by atoms with Crippen molar-refractivity contribution in [2.45, 2.75) is 19.5 Å². The van der Waals surface area contributed by atoms with Crippen molar-refractivity contribution in [1.29, 1.82) is 0 Å². The zero-order chi connectivity index (χ0) is 10.6. The first-order valence-corrected chi connectivity index (χ1v) is 4.99. The van der Waals surface area contributed by atoms with Gasteiger partial charge in [-0.15, -0.1) is 0 Å². The summed E-state index contributed by atoms with van der Waals surface area (Å²) in [6.07, 6.45) is 2.00. The number of hydrogen-bond acceptors (Lipinski definition) is 3. The molecule has 78 valence electrons. The van der Waals surface area contributed by atoms with E-state index in [0.29, 0.717) is 6.04 Å². The number of aromatic nitrogens is 3. The van der Waals surface area contributed by atoms with Crippen LogP contribution < -0.4 is 10.6 Å². The predicted molar refractivity (Wildman–Crippen MR) is 58.2 cm³/mol. The van der Waals surface area contributed by atoms with Gasteiger partial charge in [0, 0.05) is 25.8 Å². The highest BCUT2D eigenvalue weighted by atomic mass is 16.1. The van der Waals surface area contributed by atoms with Crippen LogP contribution in [0.1, 0.15) is 6.92 Å². The maximum atomic E-state index is 11.3. The van der Waals surface area contributed by atoms with Crippen LogP contribution in [0, 0.1) is 0 Å². The number of nitrogens with one attached hydrogen (secondary N) is 1. The Balaban J connectivity index is 2.45. The molecule has 0 saturated heterocycles. The van der Waals surface area contributed by atoms with Crippen LogP contribution in [0.2, 0.25) is 0 Å². The standard InChI is InChI=1S/C10H12N4O/c1-6-5-14-4-3-7-8(14)9(13(6)2)12-10(15)11-7/h3-4,6H,5H2,1-2H3,(H,11,12,15). The maximum Gasteiger partial charge on any atom is 0.347 e. The fourth-order valence-electron chi connectivity index (χ4n) is 2.13. The average Bonchev–Trinajstić information content (AvgIpc) is 2.57. The summed E-state index contributed by atoms with van der Waals surface area (Å²) in [7, 11) is 1.97. The molecule has 1 atom stereocenters. The Kier molecular flexibility index (Phi) is 1.49. The Labute approximate surface area is 86.3 Å². The number of anilines is 1. The first-order chi connectivity index (χ1) is 7.16. The number of likely N-dealkylation sites (N-methyl/N-ethyl adjacent to an activating group) is 1. The molecule has 0 saturated carbocycles. The number of aromatic amines is 1. The van der Waals surface area contributed by atoms with Crippen molar-refractivity contribution in [2.75, 3.05) is 11.9 Å². The fraction of sp³-hybridized carbons (Fsp3) is 0.400. The van der Waals surface area contributed by atoms with E-state index < -0.39 is 0 Å². The van der Waals surface area contributed by atoms with Crippen LogP contribution in [-0.4, -0.2) is 27.6 Å². The minimum atomic E-state index is -0.281. The van der Waals surface area contributed by atoms with Crippen LogP contribution in [0.3, 0.4) is 0 Å². The van der Waals surface area contributed by atoms with Gasteiger partial charge in [0.15, 0.2) is 5.82 Å². The monoisotopic (exact) mass is 204 g/mol. The van der Waals surface area contributed by atoms with E-state index in [2.05, 4.69) is 26.4 Å². The summed E-state index contributed by atoms with van der Waals surface area (Å²) < 4.78 is 2.14. The van der Waals surface area contributed by atoms with Crippen LogP contribution in [0.25, 0.3) is 11.0 Å². The quantitative estimate of drug-likeness (QED) is 0.682. The molecule has 0 aliphatic carbocycles. The van der Waals surface area contributed by atoms with Crippen molar-refractivity contribution in [3.05, 3.63) is 22.7 Å². The normalized spacial score (nSPS) is 19.9. The lowest BCUT2D eigenvalue weighted by molar-refractivity contribution is 0.553. The first kappa shape index (κ1) is 8.52. The Morgan fingerprint density at radius 1 is 1.60 bits per heavy atom. The number of rotatable bonds is 0. The van der Waals surface area contributed by atoms with Gasteiger partial charge in [-0.2, -0.15) is 4.98 Å². The molecule has 1 aliphatic heterocycles. The third-order valence-electron chi connectivity index (χ3n) is 3.08. The van der Waals surface area contributed by atoms with Gasteiger partial charge in [-0.25, -0.2) is 4.79 Å². The number of H-pyrrole nitrogens is 1. The van der Waals surface area contributed by atoms with Gasteiger partial charge in [0.2, 0.25) is 0 Å². The molecule has 0 bridgehead atoms. The fourth-order valence-corrected chi connectivity index (χ4v) is 2.13. The van der Waals surface area contributed by atoms with Crippen LogP contribution in [0.5, 0.6) is 0 Å². The van der Waals surface area contributed by atoms with Crippen LogP contribution in [0.4, 0.5) is 5.82 Å². The summed E-state index contributed by atoms with van der Waals surface area (Å²) >= 11 is 0.